The van der Waals surface area contributed by atoms with E-state index in [9.17, 15) is 9.59 Å². The van der Waals surface area contributed by atoms with Crippen molar-refractivity contribution in [3.8, 4) is 0 Å². The van der Waals surface area contributed by atoms with E-state index in [1.165, 1.54) is 0 Å². The van der Waals surface area contributed by atoms with Gasteiger partial charge in [0.1, 0.15) is 0 Å². The molecule has 1 unspecified atom stereocenters. The molecule has 0 radical (unpaired) electrons. The Bertz CT molecular complexity index is 535. The van der Waals surface area contributed by atoms with E-state index in [1.807, 2.05) is 24.3 Å². The number of rotatable bonds is 6. The summed E-state index contributed by atoms with van der Waals surface area (Å²) in [4.78, 5) is 24.2. The molecule has 0 saturated heterocycles. The molecule has 1 aromatic carbocycles. The van der Waals surface area contributed by atoms with Gasteiger partial charge in [-0.15, -0.1) is 11.8 Å². The van der Waals surface area contributed by atoms with Gasteiger partial charge in [-0.3, -0.25) is 9.59 Å². The van der Waals surface area contributed by atoms with Gasteiger partial charge in [0, 0.05) is 27.1 Å². The third kappa shape index (κ3) is 5.02. The molecule has 1 aromatic rings. The second kappa shape index (κ2) is 8.02. The summed E-state index contributed by atoms with van der Waals surface area (Å²) in [5, 5.41) is 12.2. The molecule has 120 valence electrons. The minimum absolute atomic E-state index is 0.00740. The third-order valence-electron chi connectivity index (χ3n) is 3.87. The van der Waals surface area contributed by atoms with Gasteiger partial charge in [0.25, 0.3) is 0 Å². The fourth-order valence-corrected chi connectivity index (χ4v) is 3.81. The molecule has 0 aromatic heterocycles. The molecule has 3 atom stereocenters. The van der Waals surface area contributed by atoms with Crippen molar-refractivity contribution < 1.29 is 14.7 Å². The van der Waals surface area contributed by atoms with Gasteiger partial charge >= 0.3 is 5.97 Å². The quantitative estimate of drug-likeness (QED) is 0.734. The van der Waals surface area contributed by atoms with E-state index in [0.29, 0.717) is 25.8 Å². The molecule has 0 heterocycles. The van der Waals surface area contributed by atoms with Crippen LogP contribution in [-0.4, -0.2) is 28.8 Å². The van der Waals surface area contributed by atoms with Crippen molar-refractivity contribution in [2.75, 3.05) is 6.54 Å². The van der Waals surface area contributed by atoms with Crippen molar-refractivity contribution in [2.45, 2.75) is 36.3 Å². The first kappa shape index (κ1) is 17.3. The molecular formula is C16H20BrNO3S. The lowest BCUT2D eigenvalue weighted by Crippen LogP contribution is -2.34. The fourth-order valence-electron chi connectivity index (χ4n) is 2.62. The summed E-state index contributed by atoms with van der Waals surface area (Å²) in [5.74, 6) is -1.29. The van der Waals surface area contributed by atoms with Gasteiger partial charge < -0.3 is 10.4 Å². The number of hydrogen-bond donors (Lipinski definition) is 2. The highest BCUT2D eigenvalue weighted by molar-refractivity contribution is 9.10. The minimum Gasteiger partial charge on any atom is -0.481 e. The van der Waals surface area contributed by atoms with Gasteiger partial charge in [-0.1, -0.05) is 22.9 Å². The van der Waals surface area contributed by atoms with Crippen molar-refractivity contribution in [1.29, 1.82) is 0 Å². The summed E-state index contributed by atoms with van der Waals surface area (Å²) in [5.41, 5.74) is 0. The molecule has 1 amide bonds. The molecule has 1 fully saturated rings. The van der Waals surface area contributed by atoms with Crippen LogP contribution in [0, 0.1) is 11.8 Å². The number of amides is 1. The lowest BCUT2D eigenvalue weighted by Gasteiger charge is -2.15. The summed E-state index contributed by atoms with van der Waals surface area (Å²) in [6.45, 7) is 2.66. The van der Waals surface area contributed by atoms with E-state index < -0.39 is 5.97 Å². The monoisotopic (exact) mass is 385 g/mol. The second-order valence-corrected chi connectivity index (χ2v) is 8.10. The lowest BCUT2D eigenvalue weighted by atomic mass is 10.0. The topological polar surface area (TPSA) is 66.4 Å². The number of carboxylic acid groups (broad SMARTS) is 1. The van der Waals surface area contributed by atoms with Gasteiger partial charge in [-0.05, 0) is 43.5 Å². The molecule has 1 saturated carbocycles. The average molecular weight is 386 g/mol. The van der Waals surface area contributed by atoms with Gasteiger partial charge in [0.2, 0.25) is 5.91 Å². The van der Waals surface area contributed by atoms with Gasteiger partial charge in [-0.2, -0.15) is 0 Å². The number of halogens is 1. The van der Waals surface area contributed by atoms with E-state index in [1.54, 1.807) is 11.8 Å². The van der Waals surface area contributed by atoms with Crippen LogP contribution in [0.1, 0.15) is 26.2 Å². The predicted molar refractivity (Wildman–Crippen MR) is 90.9 cm³/mol. The highest BCUT2D eigenvalue weighted by Gasteiger charge is 2.33. The highest BCUT2D eigenvalue weighted by atomic mass is 79.9. The lowest BCUT2D eigenvalue weighted by molar-refractivity contribution is -0.141. The van der Waals surface area contributed by atoms with Crippen molar-refractivity contribution in [1.82, 2.24) is 5.32 Å². The van der Waals surface area contributed by atoms with Crippen LogP contribution in [0.25, 0.3) is 0 Å². The van der Waals surface area contributed by atoms with Crippen LogP contribution >= 0.6 is 27.7 Å². The SMILES string of the molecule is CC(CNC(=O)[C@@H]1CC[C@H](C(=O)O)C1)Sc1ccc(Br)cc1. The van der Waals surface area contributed by atoms with Crippen molar-refractivity contribution in [2.24, 2.45) is 11.8 Å². The van der Waals surface area contributed by atoms with Crippen LogP contribution in [-0.2, 0) is 9.59 Å². The smallest absolute Gasteiger partial charge is 0.306 e. The number of carbonyl (C=O) groups excluding carboxylic acids is 1. The van der Waals surface area contributed by atoms with Crippen LogP contribution in [0.4, 0.5) is 0 Å². The zero-order valence-corrected chi connectivity index (χ0v) is 14.8. The number of aliphatic carboxylic acids is 1. The molecule has 4 nitrogen and oxygen atoms in total. The summed E-state index contributed by atoms with van der Waals surface area (Å²) in [7, 11) is 0. The fraction of sp³-hybridized carbons (Fsp3) is 0.500. The minimum atomic E-state index is -0.783. The predicted octanol–water partition coefficient (Wildman–Crippen LogP) is 3.55. The molecule has 0 spiro atoms. The molecule has 0 aliphatic heterocycles. The standard InChI is InChI=1S/C16H20BrNO3S/c1-10(22-14-6-4-13(17)5-7-14)9-18-15(19)11-2-3-12(8-11)16(20)21/h4-7,10-12H,2-3,8-9H2,1H3,(H,18,19)(H,20,21)/t10?,11-,12+/m1/s1. The Kier molecular flexibility index (Phi) is 6.32. The van der Waals surface area contributed by atoms with E-state index in [0.717, 1.165) is 9.37 Å². The van der Waals surface area contributed by atoms with Crippen molar-refractivity contribution in [3.63, 3.8) is 0 Å². The second-order valence-electron chi connectivity index (χ2n) is 5.67. The Balaban J connectivity index is 1.74. The van der Waals surface area contributed by atoms with Gasteiger partial charge in [0.05, 0.1) is 5.92 Å². The van der Waals surface area contributed by atoms with Crippen LogP contribution in [0.5, 0.6) is 0 Å². The molecular weight excluding hydrogens is 366 g/mol. The normalized spacial score (nSPS) is 22.3. The average Bonchev–Trinajstić information content (AvgIpc) is 2.97. The summed E-state index contributed by atoms with van der Waals surface area (Å²) >= 11 is 5.12. The number of carbonyl (C=O) groups is 2. The van der Waals surface area contributed by atoms with Crippen molar-refractivity contribution in [3.05, 3.63) is 28.7 Å². The van der Waals surface area contributed by atoms with Crippen molar-refractivity contribution >= 4 is 39.6 Å². The largest absolute Gasteiger partial charge is 0.481 e. The van der Waals surface area contributed by atoms with Crippen LogP contribution < -0.4 is 5.32 Å². The molecule has 6 heteroatoms. The zero-order chi connectivity index (χ0) is 16.1. The van der Waals surface area contributed by atoms with E-state index in [-0.39, 0.29) is 23.0 Å². The van der Waals surface area contributed by atoms with E-state index in [2.05, 4.69) is 28.2 Å². The van der Waals surface area contributed by atoms with Crippen LogP contribution in [0.2, 0.25) is 0 Å². The Labute approximate surface area is 143 Å². The first-order chi connectivity index (χ1) is 10.5. The molecule has 2 N–H and O–H groups in total. The Morgan fingerprint density at radius 1 is 1.32 bits per heavy atom. The summed E-state index contributed by atoms with van der Waals surface area (Å²) in [6.07, 6.45) is 1.75. The van der Waals surface area contributed by atoms with Crippen LogP contribution in [0.3, 0.4) is 0 Å². The van der Waals surface area contributed by atoms with Crippen LogP contribution in [0.15, 0.2) is 33.6 Å². The van der Waals surface area contributed by atoms with E-state index in [4.69, 9.17) is 5.11 Å². The van der Waals surface area contributed by atoms with Gasteiger partial charge in [0.15, 0.2) is 0 Å². The zero-order valence-electron chi connectivity index (χ0n) is 12.4. The summed E-state index contributed by atoms with van der Waals surface area (Å²) in [6, 6.07) is 8.08. The molecule has 22 heavy (non-hydrogen) atoms. The number of nitrogens with one attached hydrogen (secondary N) is 1. The molecule has 1 aliphatic rings. The Hall–Kier alpha value is -1.01. The number of carboxylic acids is 1. The third-order valence-corrected chi connectivity index (χ3v) is 5.51. The number of hydrogen-bond acceptors (Lipinski definition) is 3. The maximum absolute atomic E-state index is 12.1. The maximum Gasteiger partial charge on any atom is 0.306 e. The number of benzene rings is 1. The van der Waals surface area contributed by atoms with Gasteiger partial charge in [-0.25, -0.2) is 0 Å². The molecule has 2 rings (SSSR count). The van der Waals surface area contributed by atoms with E-state index >= 15 is 0 Å². The number of thioether (sulfide) groups is 1. The maximum atomic E-state index is 12.1. The summed E-state index contributed by atoms with van der Waals surface area (Å²) < 4.78 is 1.05. The first-order valence-electron chi connectivity index (χ1n) is 7.38. The molecule has 0 bridgehead atoms. The molecule has 1 aliphatic carbocycles. The first-order valence-corrected chi connectivity index (χ1v) is 9.05. The Morgan fingerprint density at radius 2 is 1.95 bits per heavy atom. The Morgan fingerprint density at radius 3 is 2.55 bits per heavy atom. The highest BCUT2D eigenvalue weighted by Crippen LogP contribution is 2.31.